The van der Waals surface area contributed by atoms with Crippen molar-refractivity contribution in [1.82, 2.24) is 9.97 Å². The summed E-state index contributed by atoms with van der Waals surface area (Å²) in [4.78, 5) is 9.12. The topological polar surface area (TPSA) is 84.7 Å². The standard InChI is InChI=1S/C28H33F3N2O4/c1-27(2)13-20-23(21(34)14-27)22(16-5-9-36-10-6-16)24(25(33-20)17-7-11-37-12-8-17)26(35)19-4-3-18(15-32-19)28(29,30)31/h3-5,15,17,21,26,34-35H,6-14H2,1-2H3. The summed E-state index contributed by atoms with van der Waals surface area (Å²) >= 11 is 0. The second-order valence-electron chi connectivity index (χ2n) is 11.0. The van der Waals surface area contributed by atoms with Crippen LogP contribution in [0, 0.1) is 5.41 Å². The van der Waals surface area contributed by atoms with Gasteiger partial charge in [-0.3, -0.25) is 9.97 Å². The highest BCUT2D eigenvalue weighted by Crippen LogP contribution is 2.48. The number of aromatic nitrogens is 2. The average Bonchev–Trinajstić information content (AvgIpc) is 2.87. The van der Waals surface area contributed by atoms with Gasteiger partial charge in [-0.1, -0.05) is 19.9 Å². The SMILES string of the molecule is CC1(C)Cc2nc(C3CCOCC3)c(C(O)c3ccc(C(F)(F)F)cn3)c(C3=CCOCC3)c2C(O)C1. The van der Waals surface area contributed by atoms with Crippen molar-refractivity contribution in [2.75, 3.05) is 26.4 Å². The van der Waals surface area contributed by atoms with Crippen LogP contribution in [0.5, 0.6) is 0 Å². The summed E-state index contributed by atoms with van der Waals surface area (Å²) in [6.45, 7) is 6.27. The van der Waals surface area contributed by atoms with Crippen molar-refractivity contribution < 1.29 is 32.9 Å². The summed E-state index contributed by atoms with van der Waals surface area (Å²) in [7, 11) is 0. The number of fused-ring (bicyclic) bond motifs is 1. The number of pyridine rings is 2. The Morgan fingerprint density at radius 1 is 1.11 bits per heavy atom. The van der Waals surface area contributed by atoms with Crippen molar-refractivity contribution in [2.24, 2.45) is 5.41 Å². The molecule has 200 valence electrons. The maximum Gasteiger partial charge on any atom is 0.417 e. The quantitative estimate of drug-likeness (QED) is 0.573. The van der Waals surface area contributed by atoms with E-state index in [0.29, 0.717) is 56.8 Å². The van der Waals surface area contributed by atoms with Crippen LogP contribution >= 0.6 is 0 Å². The van der Waals surface area contributed by atoms with E-state index in [1.807, 2.05) is 6.08 Å². The van der Waals surface area contributed by atoms with Gasteiger partial charge in [-0.2, -0.15) is 13.2 Å². The molecule has 0 spiro atoms. The number of aliphatic hydroxyl groups excluding tert-OH is 2. The van der Waals surface area contributed by atoms with Crippen molar-refractivity contribution in [3.63, 3.8) is 0 Å². The highest BCUT2D eigenvalue weighted by molar-refractivity contribution is 5.74. The molecule has 0 radical (unpaired) electrons. The van der Waals surface area contributed by atoms with E-state index in [0.717, 1.165) is 47.6 Å². The van der Waals surface area contributed by atoms with Gasteiger partial charge in [-0.15, -0.1) is 0 Å². The molecule has 2 aliphatic heterocycles. The third kappa shape index (κ3) is 5.32. The average molecular weight is 519 g/mol. The number of ether oxygens (including phenoxy) is 2. The molecule has 2 N–H and O–H groups in total. The molecule has 1 aliphatic carbocycles. The van der Waals surface area contributed by atoms with E-state index in [2.05, 4.69) is 18.8 Å². The van der Waals surface area contributed by atoms with Crippen molar-refractivity contribution >= 4 is 5.57 Å². The largest absolute Gasteiger partial charge is 0.417 e. The second kappa shape index (κ2) is 10.1. The summed E-state index contributed by atoms with van der Waals surface area (Å²) in [6.07, 6.45) is -0.617. The van der Waals surface area contributed by atoms with E-state index in [1.54, 1.807) is 0 Å². The zero-order valence-electron chi connectivity index (χ0n) is 21.1. The maximum absolute atomic E-state index is 13.2. The molecular formula is C28H33F3N2O4. The molecule has 2 unspecified atom stereocenters. The van der Waals surface area contributed by atoms with Crippen molar-refractivity contribution in [2.45, 2.75) is 70.3 Å². The van der Waals surface area contributed by atoms with Gasteiger partial charge in [0.1, 0.15) is 6.10 Å². The Morgan fingerprint density at radius 3 is 2.49 bits per heavy atom. The van der Waals surface area contributed by atoms with Gasteiger partial charge in [-0.25, -0.2) is 0 Å². The number of alkyl halides is 3. The number of rotatable bonds is 4. The minimum atomic E-state index is -4.52. The molecule has 1 saturated heterocycles. The number of halogens is 3. The third-order valence-electron chi connectivity index (χ3n) is 7.67. The second-order valence-corrected chi connectivity index (χ2v) is 11.0. The maximum atomic E-state index is 13.2. The predicted molar refractivity (Wildman–Crippen MR) is 131 cm³/mol. The Labute approximate surface area is 214 Å². The zero-order valence-corrected chi connectivity index (χ0v) is 21.1. The Hall–Kier alpha value is -2.33. The van der Waals surface area contributed by atoms with E-state index < -0.39 is 23.9 Å². The molecular weight excluding hydrogens is 485 g/mol. The Kier molecular flexibility index (Phi) is 7.17. The van der Waals surface area contributed by atoms with Crippen LogP contribution in [0.3, 0.4) is 0 Å². The smallest absolute Gasteiger partial charge is 0.388 e. The summed E-state index contributed by atoms with van der Waals surface area (Å²) < 4.78 is 50.7. The van der Waals surface area contributed by atoms with Crippen molar-refractivity contribution in [3.8, 4) is 0 Å². The number of hydrogen-bond donors (Lipinski definition) is 2. The first-order valence-electron chi connectivity index (χ1n) is 12.9. The summed E-state index contributed by atoms with van der Waals surface area (Å²) in [5.41, 5.74) is 3.60. The van der Waals surface area contributed by atoms with Gasteiger partial charge >= 0.3 is 6.18 Å². The van der Waals surface area contributed by atoms with Gasteiger partial charge in [0.25, 0.3) is 0 Å². The first kappa shape index (κ1) is 26.3. The van der Waals surface area contributed by atoms with Crippen molar-refractivity contribution in [1.29, 1.82) is 0 Å². The minimum absolute atomic E-state index is 0.0134. The van der Waals surface area contributed by atoms with Crippen LogP contribution in [0.4, 0.5) is 13.2 Å². The lowest BCUT2D eigenvalue weighted by Gasteiger charge is -2.38. The number of aliphatic hydroxyl groups is 2. The molecule has 2 aromatic rings. The number of hydrogen-bond acceptors (Lipinski definition) is 6. The highest BCUT2D eigenvalue weighted by Gasteiger charge is 2.39. The fraction of sp³-hybridized carbons (Fsp3) is 0.571. The van der Waals surface area contributed by atoms with Crippen molar-refractivity contribution in [3.05, 3.63) is 63.7 Å². The minimum Gasteiger partial charge on any atom is -0.388 e. The lowest BCUT2D eigenvalue weighted by atomic mass is 9.71. The van der Waals surface area contributed by atoms with Gasteiger partial charge in [0.15, 0.2) is 0 Å². The molecule has 6 nitrogen and oxygen atoms in total. The molecule has 0 bridgehead atoms. The molecule has 2 atom stereocenters. The Morgan fingerprint density at radius 2 is 1.86 bits per heavy atom. The van der Waals surface area contributed by atoms with Gasteiger partial charge in [0, 0.05) is 42.1 Å². The number of nitrogens with zero attached hydrogens (tertiary/aromatic N) is 2. The Bertz CT molecular complexity index is 1170. The molecule has 0 saturated carbocycles. The molecule has 4 heterocycles. The normalized spacial score (nSPS) is 23.3. The lowest BCUT2D eigenvalue weighted by Crippen LogP contribution is -2.31. The van der Waals surface area contributed by atoms with Gasteiger partial charge in [-0.05, 0) is 60.8 Å². The van der Waals surface area contributed by atoms with Crippen LogP contribution in [0.25, 0.3) is 5.57 Å². The molecule has 5 rings (SSSR count). The van der Waals surface area contributed by atoms with E-state index >= 15 is 0 Å². The van der Waals surface area contributed by atoms with Crippen LogP contribution in [0.15, 0.2) is 24.4 Å². The fourth-order valence-electron chi connectivity index (χ4n) is 5.87. The highest BCUT2D eigenvalue weighted by atomic mass is 19.4. The van der Waals surface area contributed by atoms with Gasteiger partial charge < -0.3 is 19.7 Å². The molecule has 2 aromatic heterocycles. The molecule has 3 aliphatic rings. The zero-order chi connectivity index (χ0) is 26.4. The van der Waals surface area contributed by atoms with E-state index in [9.17, 15) is 23.4 Å². The first-order valence-corrected chi connectivity index (χ1v) is 12.9. The van der Waals surface area contributed by atoms with E-state index in [4.69, 9.17) is 14.5 Å². The molecule has 9 heteroatoms. The van der Waals surface area contributed by atoms with E-state index in [-0.39, 0.29) is 17.0 Å². The molecule has 1 fully saturated rings. The summed E-state index contributed by atoms with van der Waals surface area (Å²) in [5, 5.41) is 23.1. The summed E-state index contributed by atoms with van der Waals surface area (Å²) in [5.74, 6) is 0.0134. The monoisotopic (exact) mass is 518 g/mol. The molecule has 0 amide bonds. The third-order valence-corrected chi connectivity index (χ3v) is 7.67. The van der Waals surface area contributed by atoms with Crippen LogP contribution in [0.1, 0.15) is 97.0 Å². The first-order chi connectivity index (χ1) is 17.5. The van der Waals surface area contributed by atoms with Crippen LogP contribution in [-0.4, -0.2) is 46.6 Å². The van der Waals surface area contributed by atoms with Crippen LogP contribution in [-0.2, 0) is 22.1 Å². The van der Waals surface area contributed by atoms with Crippen LogP contribution in [0.2, 0.25) is 0 Å². The van der Waals surface area contributed by atoms with E-state index in [1.165, 1.54) is 6.07 Å². The van der Waals surface area contributed by atoms with Gasteiger partial charge in [0.2, 0.25) is 0 Å². The Balaban J connectivity index is 1.74. The molecule has 37 heavy (non-hydrogen) atoms. The lowest BCUT2D eigenvalue weighted by molar-refractivity contribution is -0.137. The van der Waals surface area contributed by atoms with Crippen LogP contribution < -0.4 is 0 Å². The molecule has 0 aromatic carbocycles. The predicted octanol–water partition coefficient (Wildman–Crippen LogP) is 5.28. The fourth-order valence-corrected chi connectivity index (χ4v) is 5.87. The van der Waals surface area contributed by atoms with Gasteiger partial charge in [0.05, 0.1) is 36.3 Å². The summed E-state index contributed by atoms with van der Waals surface area (Å²) in [6, 6.07) is 2.17.